The van der Waals surface area contributed by atoms with Crippen LogP contribution in [0.25, 0.3) is 72.3 Å². The van der Waals surface area contributed by atoms with Crippen molar-refractivity contribution in [3.63, 3.8) is 0 Å². The topological polar surface area (TPSA) is 49.3 Å². The zero-order chi connectivity index (χ0) is 32.5. The molecular formula is C43H27N5OPt. The Hall–Kier alpha value is -5.97. The molecule has 0 amide bonds. The number of benzene rings is 6. The average molecular weight is 825 g/mol. The van der Waals surface area contributed by atoms with E-state index in [0.29, 0.717) is 11.5 Å². The van der Waals surface area contributed by atoms with Crippen LogP contribution in [0.4, 0.5) is 0 Å². The van der Waals surface area contributed by atoms with E-state index in [4.69, 9.17) is 14.7 Å². The van der Waals surface area contributed by atoms with E-state index in [1.807, 2.05) is 54.7 Å². The molecule has 0 N–H and O–H groups in total. The summed E-state index contributed by atoms with van der Waals surface area (Å²) in [7, 11) is 0. The van der Waals surface area contributed by atoms with Gasteiger partial charge in [-0.15, -0.1) is 35.7 Å². The van der Waals surface area contributed by atoms with E-state index in [-0.39, 0.29) is 21.1 Å². The van der Waals surface area contributed by atoms with Crippen LogP contribution in [0.15, 0.2) is 146 Å². The average Bonchev–Trinajstić information content (AvgIpc) is 3.79. The minimum atomic E-state index is 0. The van der Waals surface area contributed by atoms with Crippen LogP contribution < -0.4 is 4.74 Å². The normalized spacial score (nSPS) is 11.5. The van der Waals surface area contributed by atoms with Gasteiger partial charge in [0.15, 0.2) is 0 Å². The third-order valence-electron chi connectivity index (χ3n) is 9.29. The fourth-order valence-corrected chi connectivity index (χ4v) is 7.09. The maximum Gasteiger partial charge on any atom is 2.00 e. The molecule has 50 heavy (non-hydrogen) atoms. The third kappa shape index (κ3) is 4.67. The summed E-state index contributed by atoms with van der Waals surface area (Å²) < 4.78 is 13.0. The first-order chi connectivity index (χ1) is 24.2. The first-order valence-electron chi connectivity index (χ1n) is 16.3. The van der Waals surface area contributed by atoms with Crippen LogP contribution in [0.1, 0.15) is 5.56 Å². The second-order valence-corrected chi connectivity index (χ2v) is 12.2. The van der Waals surface area contributed by atoms with Gasteiger partial charge < -0.3 is 13.9 Å². The van der Waals surface area contributed by atoms with Gasteiger partial charge in [-0.1, -0.05) is 84.0 Å². The summed E-state index contributed by atoms with van der Waals surface area (Å²) >= 11 is 0. The molecule has 0 saturated carbocycles. The second kappa shape index (κ2) is 11.9. The molecule has 0 bridgehead atoms. The fraction of sp³-hybridized carbons (Fsp3) is 0.0233. The summed E-state index contributed by atoms with van der Waals surface area (Å²) in [6.07, 6.45) is 1.96. The molecule has 10 aromatic rings. The number of pyridine rings is 1. The molecule has 7 heteroatoms. The minimum absolute atomic E-state index is 0. The molecule has 6 aromatic carbocycles. The molecule has 0 radical (unpaired) electrons. The van der Waals surface area contributed by atoms with Gasteiger partial charge >= 0.3 is 21.1 Å². The SMILES string of the molecule is Cc1cc(-n2c3[c-]c(Oc4[c-]c(-n5c6ccccc6n6c7ccccc7nc56)ccc4)ccc3c3ccccc32)ncc1-c1ccccc1.[Pt+2]. The Kier molecular flexibility index (Phi) is 7.15. The Labute approximate surface area is 302 Å². The van der Waals surface area contributed by atoms with Crippen molar-refractivity contribution in [2.75, 3.05) is 0 Å². The Morgan fingerprint density at radius 2 is 1.32 bits per heavy atom. The molecule has 0 spiro atoms. The summed E-state index contributed by atoms with van der Waals surface area (Å²) in [4.78, 5) is 9.98. The van der Waals surface area contributed by atoms with Gasteiger partial charge in [-0.3, -0.25) is 4.40 Å². The Morgan fingerprint density at radius 3 is 2.16 bits per heavy atom. The molecule has 4 aromatic heterocycles. The van der Waals surface area contributed by atoms with E-state index in [0.717, 1.165) is 77.8 Å². The van der Waals surface area contributed by atoms with Crippen molar-refractivity contribution in [3.8, 4) is 34.1 Å². The van der Waals surface area contributed by atoms with E-state index < -0.39 is 0 Å². The Balaban J connectivity index is 0.00000336. The van der Waals surface area contributed by atoms with Crippen LogP contribution in [0, 0.1) is 19.1 Å². The van der Waals surface area contributed by atoms with Crippen LogP contribution in [0.2, 0.25) is 0 Å². The van der Waals surface area contributed by atoms with E-state index in [1.54, 1.807) is 0 Å². The van der Waals surface area contributed by atoms with Crippen molar-refractivity contribution in [2.24, 2.45) is 0 Å². The first kappa shape index (κ1) is 30.1. The largest absolute Gasteiger partial charge is 2.00 e. The predicted molar refractivity (Wildman–Crippen MR) is 196 cm³/mol. The molecule has 0 aliphatic rings. The van der Waals surface area contributed by atoms with E-state index in [1.165, 1.54) is 0 Å². The van der Waals surface area contributed by atoms with Gasteiger partial charge in [-0.25, -0.2) is 9.97 Å². The number of hydrogen-bond donors (Lipinski definition) is 0. The molecule has 0 unspecified atom stereocenters. The van der Waals surface area contributed by atoms with Gasteiger partial charge in [-0.2, -0.15) is 12.1 Å². The number of ether oxygens (including phenoxy) is 1. The molecule has 4 heterocycles. The number of aryl methyl sites for hydroxylation is 1. The molecule has 0 atom stereocenters. The second-order valence-electron chi connectivity index (χ2n) is 12.2. The van der Waals surface area contributed by atoms with Crippen molar-refractivity contribution >= 4 is 49.7 Å². The molecule has 10 rings (SSSR count). The van der Waals surface area contributed by atoms with Crippen molar-refractivity contribution in [3.05, 3.63) is 163 Å². The van der Waals surface area contributed by atoms with Crippen LogP contribution in [0.3, 0.4) is 0 Å². The number of nitrogens with zero attached hydrogens (tertiary/aromatic N) is 5. The van der Waals surface area contributed by atoms with Crippen molar-refractivity contribution < 1.29 is 25.8 Å². The van der Waals surface area contributed by atoms with Crippen LogP contribution in [-0.4, -0.2) is 23.5 Å². The third-order valence-corrected chi connectivity index (χ3v) is 9.29. The van der Waals surface area contributed by atoms with Crippen molar-refractivity contribution in [2.45, 2.75) is 6.92 Å². The zero-order valence-corrected chi connectivity index (χ0v) is 29.1. The van der Waals surface area contributed by atoms with Crippen molar-refractivity contribution in [1.29, 1.82) is 0 Å². The maximum atomic E-state index is 6.51. The Bertz CT molecular complexity index is 2880. The van der Waals surface area contributed by atoms with E-state index in [2.05, 4.69) is 124 Å². The number of imidazole rings is 2. The summed E-state index contributed by atoms with van der Waals surface area (Å²) in [5.74, 6) is 2.84. The molecule has 6 nitrogen and oxygen atoms in total. The summed E-state index contributed by atoms with van der Waals surface area (Å²) in [6.45, 7) is 2.14. The number of aromatic nitrogens is 5. The number of fused-ring (bicyclic) bond motifs is 8. The van der Waals surface area contributed by atoms with Gasteiger partial charge in [0.2, 0.25) is 5.78 Å². The summed E-state index contributed by atoms with van der Waals surface area (Å²) in [6, 6.07) is 54.6. The molecule has 0 aliphatic heterocycles. The van der Waals surface area contributed by atoms with Crippen LogP contribution in [-0.2, 0) is 21.1 Å². The monoisotopic (exact) mass is 824 g/mol. The van der Waals surface area contributed by atoms with Gasteiger partial charge in [-0.05, 0) is 59.8 Å². The first-order valence-corrected chi connectivity index (χ1v) is 16.3. The molecule has 0 saturated heterocycles. The minimum Gasteiger partial charge on any atom is -0.509 e. The fourth-order valence-electron chi connectivity index (χ4n) is 7.09. The van der Waals surface area contributed by atoms with Crippen molar-refractivity contribution in [1.82, 2.24) is 23.5 Å². The summed E-state index contributed by atoms with van der Waals surface area (Å²) in [5.41, 5.74) is 10.4. The molecule has 240 valence electrons. The number of para-hydroxylation sites is 5. The van der Waals surface area contributed by atoms with E-state index >= 15 is 0 Å². The Morgan fingerprint density at radius 1 is 0.600 bits per heavy atom. The van der Waals surface area contributed by atoms with Crippen LogP contribution in [0.5, 0.6) is 11.5 Å². The van der Waals surface area contributed by atoms with Gasteiger partial charge in [0.1, 0.15) is 5.82 Å². The van der Waals surface area contributed by atoms with Crippen LogP contribution >= 0.6 is 0 Å². The number of rotatable bonds is 5. The summed E-state index contributed by atoms with van der Waals surface area (Å²) in [5, 5.41) is 2.22. The quantitative estimate of drug-likeness (QED) is 0.163. The van der Waals surface area contributed by atoms with Gasteiger partial charge in [0.05, 0.1) is 22.1 Å². The molecule has 0 aliphatic carbocycles. The zero-order valence-electron chi connectivity index (χ0n) is 26.8. The van der Waals surface area contributed by atoms with E-state index in [9.17, 15) is 0 Å². The standard InChI is InChI=1S/C43H27N5O.Pt/c1-28-24-42(44-27-35(28)29-12-3-2-4-13-29)47-37-18-7-5-16-33(37)34-23-22-32(26-41(34)47)49-31-15-11-14-30(25-31)46-39-20-9-10-21-40(39)48-38-19-8-6-17-36(38)45-43(46)48;/h2-24,27H,1H3;/q-2;+2. The van der Waals surface area contributed by atoms with Gasteiger partial charge in [0.25, 0.3) is 0 Å². The molecule has 0 fully saturated rings. The van der Waals surface area contributed by atoms with Gasteiger partial charge in [0, 0.05) is 28.8 Å². The predicted octanol–water partition coefficient (Wildman–Crippen LogP) is 10.3. The number of hydrogen-bond acceptors (Lipinski definition) is 3. The molecular weight excluding hydrogens is 798 g/mol. The smallest absolute Gasteiger partial charge is 0.509 e. The maximum absolute atomic E-state index is 6.51.